The Morgan fingerprint density at radius 3 is 2.41 bits per heavy atom. The molecule has 1 atom stereocenters. The lowest BCUT2D eigenvalue weighted by Crippen LogP contribution is -2.21. The second kappa shape index (κ2) is 8.05. The van der Waals surface area contributed by atoms with Gasteiger partial charge in [0.1, 0.15) is 12.7 Å². The lowest BCUT2D eigenvalue weighted by molar-refractivity contribution is -0.188. The minimum absolute atomic E-state index is 0.177. The third-order valence-electron chi connectivity index (χ3n) is 4.20. The average Bonchev–Trinajstić information content (AvgIpc) is 2.64. The Hall–Kier alpha value is -2.47. The van der Waals surface area contributed by atoms with Gasteiger partial charge in [-0.25, -0.2) is 4.98 Å². The molecule has 142 valence electrons. The molecule has 3 rings (SSSR count). The van der Waals surface area contributed by atoms with Crippen LogP contribution in [0, 0.1) is 5.92 Å². The SMILES string of the molecule is CC(C)CC(OCC(F)(F)F)c1ccc2cccc(-c3ccncc3)c2n1. The Morgan fingerprint density at radius 1 is 1.00 bits per heavy atom. The molecule has 0 amide bonds. The number of rotatable bonds is 6. The maximum Gasteiger partial charge on any atom is 0.411 e. The zero-order chi connectivity index (χ0) is 19.4. The Labute approximate surface area is 156 Å². The van der Waals surface area contributed by atoms with Crippen molar-refractivity contribution in [2.24, 2.45) is 5.92 Å². The first kappa shape index (κ1) is 19.3. The summed E-state index contributed by atoms with van der Waals surface area (Å²) in [6.07, 6.45) is -1.21. The van der Waals surface area contributed by atoms with E-state index in [1.54, 1.807) is 18.5 Å². The van der Waals surface area contributed by atoms with Crippen LogP contribution in [0.1, 0.15) is 32.1 Å². The first-order valence-corrected chi connectivity index (χ1v) is 8.82. The molecule has 1 unspecified atom stereocenters. The number of halogens is 3. The van der Waals surface area contributed by atoms with Crippen LogP contribution in [0.5, 0.6) is 0 Å². The summed E-state index contributed by atoms with van der Waals surface area (Å²) in [5.74, 6) is 0.177. The number of alkyl halides is 3. The van der Waals surface area contributed by atoms with Gasteiger partial charge in [-0.1, -0.05) is 38.1 Å². The maximum atomic E-state index is 12.7. The van der Waals surface area contributed by atoms with E-state index < -0.39 is 18.9 Å². The number of hydrogen-bond donors (Lipinski definition) is 0. The van der Waals surface area contributed by atoms with Crippen molar-refractivity contribution in [1.29, 1.82) is 0 Å². The van der Waals surface area contributed by atoms with Crippen LogP contribution in [0.2, 0.25) is 0 Å². The van der Waals surface area contributed by atoms with Gasteiger partial charge in [0.05, 0.1) is 11.2 Å². The van der Waals surface area contributed by atoms with E-state index in [1.165, 1.54) is 0 Å². The topological polar surface area (TPSA) is 35.0 Å². The van der Waals surface area contributed by atoms with Crippen molar-refractivity contribution >= 4 is 10.9 Å². The monoisotopic (exact) mass is 374 g/mol. The standard InChI is InChI=1S/C21H21F3N2O/c1-14(2)12-19(27-13-21(22,23)24)18-7-6-16-4-3-5-17(20(16)26-18)15-8-10-25-11-9-15/h3-11,14,19H,12-13H2,1-2H3. The molecule has 0 saturated heterocycles. The molecule has 3 nitrogen and oxygen atoms in total. The van der Waals surface area contributed by atoms with Crippen molar-refractivity contribution in [3.8, 4) is 11.1 Å². The number of benzene rings is 1. The van der Waals surface area contributed by atoms with Gasteiger partial charge in [0.2, 0.25) is 0 Å². The highest BCUT2D eigenvalue weighted by Gasteiger charge is 2.30. The van der Waals surface area contributed by atoms with Crippen LogP contribution < -0.4 is 0 Å². The highest BCUT2D eigenvalue weighted by atomic mass is 19.4. The summed E-state index contributed by atoms with van der Waals surface area (Å²) >= 11 is 0. The van der Waals surface area contributed by atoms with Gasteiger partial charge < -0.3 is 4.74 Å². The largest absolute Gasteiger partial charge is 0.411 e. The summed E-state index contributed by atoms with van der Waals surface area (Å²) in [5.41, 5.74) is 3.13. The summed E-state index contributed by atoms with van der Waals surface area (Å²) < 4.78 is 43.2. The molecule has 0 aliphatic carbocycles. The van der Waals surface area contributed by atoms with Crippen molar-refractivity contribution in [3.63, 3.8) is 0 Å². The zero-order valence-electron chi connectivity index (χ0n) is 15.2. The van der Waals surface area contributed by atoms with E-state index in [9.17, 15) is 13.2 Å². The molecule has 0 bridgehead atoms. The molecule has 6 heteroatoms. The summed E-state index contributed by atoms with van der Waals surface area (Å²) in [7, 11) is 0. The van der Waals surface area contributed by atoms with Crippen molar-refractivity contribution in [2.75, 3.05) is 6.61 Å². The van der Waals surface area contributed by atoms with Crippen LogP contribution in [0.15, 0.2) is 54.9 Å². The van der Waals surface area contributed by atoms with Crippen molar-refractivity contribution in [2.45, 2.75) is 32.5 Å². The fraction of sp³-hybridized carbons (Fsp3) is 0.333. The third-order valence-corrected chi connectivity index (χ3v) is 4.20. The first-order chi connectivity index (χ1) is 12.8. The molecule has 1 aromatic carbocycles. The minimum Gasteiger partial charge on any atom is -0.362 e. The summed E-state index contributed by atoms with van der Waals surface area (Å²) in [6.45, 7) is 2.62. The number of hydrogen-bond acceptors (Lipinski definition) is 3. The molecule has 0 aliphatic rings. The summed E-state index contributed by atoms with van der Waals surface area (Å²) in [5, 5.41) is 0.923. The van der Waals surface area contributed by atoms with Crippen LogP contribution in [0.3, 0.4) is 0 Å². The second-order valence-corrected chi connectivity index (χ2v) is 6.89. The predicted octanol–water partition coefficient (Wildman–Crippen LogP) is 5.96. The van der Waals surface area contributed by atoms with Gasteiger partial charge in [0.25, 0.3) is 0 Å². The Morgan fingerprint density at radius 2 is 1.74 bits per heavy atom. The number of pyridine rings is 2. The Balaban J connectivity index is 2.02. The van der Waals surface area contributed by atoms with E-state index >= 15 is 0 Å². The average molecular weight is 374 g/mol. The highest BCUT2D eigenvalue weighted by Crippen LogP contribution is 2.31. The number of fused-ring (bicyclic) bond motifs is 1. The van der Waals surface area contributed by atoms with Crippen LogP contribution in [-0.2, 0) is 4.74 Å². The van der Waals surface area contributed by atoms with Gasteiger partial charge >= 0.3 is 6.18 Å². The van der Waals surface area contributed by atoms with Crippen molar-refractivity contribution in [1.82, 2.24) is 9.97 Å². The number of para-hydroxylation sites is 1. The van der Waals surface area contributed by atoms with Crippen LogP contribution in [-0.4, -0.2) is 22.8 Å². The third kappa shape index (κ3) is 5.04. The van der Waals surface area contributed by atoms with E-state index in [4.69, 9.17) is 9.72 Å². The first-order valence-electron chi connectivity index (χ1n) is 8.82. The normalized spacial score (nSPS) is 13.3. The Kier molecular flexibility index (Phi) is 5.75. The quantitative estimate of drug-likeness (QED) is 0.534. The molecule has 2 heterocycles. The minimum atomic E-state index is -4.37. The van der Waals surface area contributed by atoms with Gasteiger partial charge in [-0.15, -0.1) is 0 Å². The molecule has 0 spiro atoms. The lowest BCUT2D eigenvalue weighted by Gasteiger charge is -2.21. The molecule has 0 saturated carbocycles. The Bertz CT molecular complexity index is 895. The zero-order valence-corrected chi connectivity index (χ0v) is 15.2. The van der Waals surface area contributed by atoms with E-state index in [0.29, 0.717) is 12.1 Å². The molecule has 0 radical (unpaired) electrons. The number of ether oxygens (including phenoxy) is 1. The molecule has 3 aromatic rings. The van der Waals surface area contributed by atoms with Gasteiger partial charge in [-0.2, -0.15) is 13.2 Å². The van der Waals surface area contributed by atoms with Crippen LogP contribution in [0.4, 0.5) is 13.2 Å². The van der Waals surface area contributed by atoms with Gasteiger partial charge in [-0.3, -0.25) is 4.98 Å². The fourth-order valence-electron chi connectivity index (χ4n) is 3.00. The van der Waals surface area contributed by atoms with Crippen molar-refractivity contribution in [3.05, 3.63) is 60.6 Å². The highest BCUT2D eigenvalue weighted by molar-refractivity contribution is 5.93. The summed E-state index contributed by atoms with van der Waals surface area (Å²) in [6, 6.07) is 13.2. The molecule has 0 N–H and O–H groups in total. The van der Waals surface area contributed by atoms with E-state index in [0.717, 1.165) is 22.0 Å². The van der Waals surface area contributed by atoms with Crippen LogP contribution in [0.25, 0.3) is 22.0 Å². The van der Waals surface area contributed by atoms with E-state index in [2.05, 4.69) is 4.98 Å². The second-order valence-electron chi connectivity index (χ2n) is 6.89. The molecule has 2 aromatic heterocycles. The molecule has 0 aliphatic heterocycles. The number of aromatic nitrogens is 2. The van der Waals surface area contributed by atoms with Crippen molar-refractivity contribution < 1.29 is 17.9 Å². The number of nitrogens with zero attached hydrogens (tertiary/aromatic N) is 2. The molecule has 27 heavy (non-hydrogen) atoms. The molecular weight excluding hydrogens is 353 g/mol. The maximum absolute atomic E-state index is 12.7. The van der Waals surface area contributed by atoms with Crippen LogP contribution >= 0.6 is 0 Å². The summed E-state index contributed by atoms with van der Waals surface area (Å²) in [4.78, 5) is 8.72. The lowest BCUT2D eigenvalue weighted by atomic mass is 10.00. The van der Waals surface area contributed by atoms with Gasteiger partial charge in [-0.05, 0) is 36.1 Å². The predicted molar refractivity (Wildman–Crippen MR) is 99.2 cm³/mol. The molecule has 0 fully saturated rings. The van der Waals surface area contributed by atoms with E-state index in [1.807, 2.05) is 50.2 Å². The van der Waals surface area contributed by atoms with E-state index in [-0.39, 0.29) is 5.92 Å². The fourth-order valence-corrected chi connectivity index (χ4v) is 3.00. The smallest absolute Gasteiger partial charge is 0.362 e. The van der Waals surface area contributed by atoms with Gasteiger partial charge in [0.15, 0.2) is 0 Å². The molecular formula is C21H21F3N2O. The van der Waals surface area contributed by atoms with Gasteiger partial charge in [0, 0.05) is 23.3 Å².